The average molecular weight is 170 g/mol. The average Bonchev–Trinajstić information content (AvgIpc) is 1.84. The Morgan fingerprint density at radius 2 is 2.11 bits per heavy atom. The first-order valence-corrected chi connectivity index (χ1v) is 2.97. The van der Waals surface area contributed by atoms with Gasteiger partial charge < -0.3 is 0 Å². The van der Waals surface area contributed by atoms with Gasteiger partial charge in [0.1, 0.15) is 0 Å². The zero-order valence-electron chi connectivity index (χ0n) is 4.67. The molecule has 52 valence electrons. The molecule has 0 spiro atoms. The summed E-state index contributed by atoms with van der Waals surface area (Å²) in [5, 5.41) is 0. The van der Waals surface area contributed by atoms with Gasteiger partial charge in [-0.05, 0) is 0 Å². The first kappa shape index (κ1) is 8.72. The number of imide groups is 1. The van der Waals surface area contributed by atoms with E-state index in [4.69, 9.17) is 23.2 Å². The number of amides is 2. The molecule has 0 aliphatic carbocycles. The van der Waals surface area contributed by atoms with Crippen molar-refractivity contribution in [2.75, 3.05) is 7.05 Å². The maximum absolute atomic E-state index is 10.5. The van der Waals surface area contributed by atoms with Gasteiger partial charge in [0, 0.05) is 7.05 Å². The van der Waals surface area contributed by atoms with Crippen LogP contribution in [-0.2, 0) is 9.59 Å². The van der Waals surface area contributed by atoms with Crippen LogP contribution in [0.3, 0.4) is 0 Å². The Balaban J connectivity index is 3.87. The van der Waals surface area contributed by atoms with E-state index in [1.807, 2.05) is 0 Å². The van der Waals surface area contributed by atoms with E-state index in [2.05, 4.69) is 0 Å². The maximum atomic E-state index is 10.5. The van der Waals surface area contributed by atoms with Gasteiger partial charge in [-0.15, -0.1) is 0 Å². The van der Waals surface area contributed by atoms with E-state index in [9.17, 15) is 9.59 Å². The lowest BCUT2D eigenvalue weighted by Gasteiger charge is -2.07. The first-order valence-electron chi connectivity index (χ1n) is 2.09. The van der Waals surface area contributed by atoms with Crippen LogP contribution in [0.4, 0.5) is 0 Å². The number of rotatable bonds is 2. The number of hydrogen-bond acceptors (Lipinski definition) is 2. The summed E-state index contributed by atoms with van der Waals surface area (Å²) in [5.41, 5.74) is 0. The minimum absolute atomic E-state index is 0.347. The van der Waals surface area contributed by atoms with E-state index in [0.29, 0.717) is 6.41 Å². The topological polar surface area (TPSA) is 37.4 Å². The van der Waals surface area contributed by atoms with Gasteiger partial charge in [0.25, 0.3) is 5.91 Å². The minimum Gasteiger partial charge on any atom is -0.286 e. The van der Waals surface area contributed by atoms with Gasteiger partial charge in [0.05, 0.1) is 0 Å². The van der Waals surface area contributed by atoms with Crippen molar-refractivity contribution in [3.8, 4) is 0 Å². The first-order chi connectivity index (χ1) is 4.09. The molecule has 0 unspecified atom stereocenters. The molecule has 0 heterocycles. The van der Waals surface area contributed by atoms with E-state index in [1.54, 1.807) is 0 Å². The van der Waals surface area contributed by atoms with Crippen LogP contribution in [0.15, 0.2) is 0 Å². The minimum atomic E-state index is -1.15. The Kier molecular flexibility index (Phi) is 3.58. The Hall–Kier alpha value is -0.280. The smallest absolute Gasteiger partial charge is 0.261 e. The molecule has 2 amide bonds. The normalized spacial score (nSPS) is 9.33. The molecule has 0 fully saturated rings. The van der Waals surface area contributed by atoms with Crippen LogP contribution < -0.4 is 0 Å². The lowest BCUT2D eigenvalue weighted by atomic mass is 10.6. The van der Waals surface area contributed by atoms with Crippen LogP contribution in [0.25, 0.3) is 0 Å². The van der Waals surface area contributed by atoms with E-state index in [1.165, 1.54) is 7.05 Å². The monoisotopic (exact) mass is 169 g/mol. The Bertz CT molecular complexity index is 126. The summed E-state index contributed by atoms with van der Waals surface area (Å²) in [5.74, 6) is -0.617. The van der Waals surface area contributed by atoms with Crippen LogP contribution in [0.2, 0.25) is 0 Å². The van der Waals surface area contributed by atoms with Gasteiger partial charge in [-0.3, -0.25) is 14.5 Å². The summed E-state index contributed by atoms with van der Waals surface area (Å²) in [4.78, 5) is 20.0. The van der Waals surface area contributed by atoms with Crippen LogP contribution in [-0.4, -0.2) is 29.1 Å². The van der Waals surface area contributed by atoms with Crippen molar-refractivity contribution >= 4 is 35.5 Å². The van der Waals surface area contributed by atoms with Crippen molar-refractivity contribution in [3.63, 3.8) is 0 Å². The van der Waals surface area contributed by atoms with Gasteiger partial charge in [-0.25, -0.2) is 0 Å². The predicted octanol–water partition coefficient (Wildman–Crippen LogP) is 0.405. The molecule has 0 radical (unpaired) electrons. The Morgan fingerprint density at radius 1 is 1.67 bits per heavy atom. The lowest BCUT2D eigenvalue weighted by molar-refractivity contribution is -0.135. The molecular weight excluding hydrogens is 165 g/mol. The molecular formula is C4H5Cl2NO2. The van der Waals surface area contributed by atoms with Crippen LogP contribution in [0.5, 0.6) is 0 Å². The van der Waals surface area contributed by atoms with Crippen LogP contribution in [0.1, 0.15) is 0 Å². The highest BCUT2D eigenvalue weighted by atomic mass is 35.5. The molecule has 0 bridgehead atoms. The zero-order valence-corrected chi connectivity index (χ0v) is 6.19. The summed E-state index contributed by atoms with van der Waals surface area (Å²) in [6.45, 7) is 0. The molecule has 0 aromatic rings. The van der Waals surface area contributed by atoms with Crippen LogP contribution >= 0.6 is 23.2 Å². The van der Waals surface area contributed by atoms with Gasteiger partial charge in [0.2, 0.25) is 6.41 Å². The fourth-order valence-corrected chi connectivity index (χ4v) is 0.514. The number of carbonyl (C=O) groups excluding carboxylic acids is 2. The third-order valence-corrected chi connectivity index (χ3v) is 1.07. The molecule has 3 nitrogen and oxygen atoms in total. The van der Waals surface area contributed by atoms with Crippen molar-refractivity contribution in [1.82, 2.24) is 4.90 Å². The molecule has 0 saturated carbocycles. The van der Waals surface area contributed by atoms with E-state index < -0.39 is 10.7 Å². The fourth-order valence-electron chi connectivity index (χ4n) is 0.206. The second-order valence-corrected chi connectivity index (χ2v) is 2.45. The van der Waals surface area contributed by atoms with Crippen molar-refractivity contribution in [2.24, 2.45) is 0 Å². The Labute approximate surface area is 62.5 Å². The summed E-state index contributed by atoms with van der Waals surface area (Å²) in [7, 11) is 1.28. The second-order valence-electron chi connectivity index (χ2n) is 1.36. The molecule has 0 aromatic carbocycles. The van der Waals surface area contributed by atoms with Gasteiger partial charge in [0.15, 0.2) is 4.84 Å². The third kappa shape index (κ3) is 2.67. The molecule has 0 rings (SSSR count). The Morgan fingerprint density at radius 3 is 2.22 bits per heavy atom. The molecule has 0 aliphatic heterocycles. The van der Waals surface area contributed by atoms with Crippen LogP contribution in [0, 0.1) is 0 Å². The number of halogens is 2. The molecule has 9 heavy (non-hydrogen) atoms. The molecule has 0 atom stereocenters. The molecule has 0 aliphatic rings. The number of alkyl halides is 2. The lowest BCUT2D eigenvalue weighted by Crippen LogP contribution is -2.29. The van der Waals surface area contributed by atoms with Gasteiger partial charge in [-0.2, -0.15) is 0 Å². The second kappa shape index (κ2) is 3.69. The molecule has 5 heteroatoms. The van der Waals surface area contributed by atoms with E-state index in [0.717, 1.165) is 4.90 Å². The largest absolute Gasteiger partial charge is 0.286 e. The number of hydrogen-bond donors (Lipinski definition) is 0. The molecule has 0 aromatic heterocycles. The highest BCUT2D eigenvalue weighted by Crippen LogP contribution is 2.03. The van der Waals surface area contributed by atoms with E-state index in [-0.39, 0.29) is 0 Å². The SMILES string of the molecule is CN(C=O)C(=O)C(Cl)Cl. The van der Waals surface area contributed by atoms with Crippen molar-refractivity contribution < 1.29 is 9.59 Å². The fraction of sp³-hybridized carbons (Fsp3) is 0.500. The van der Waals surface area contributed by atoms with Crippen molar-refractivity contribution in [1.29, 1.82) is 0 Å². The van der Waals surface area contributed by atoms with Gasteiger partial charge >= 0.3 is 0 Å². The van der Waals surface area contributed by atoms with E-state index >= 15 is 0 Å². The summed E-state index contributed by atoms with van der Waals surface area (Å²) in [6.07, 6.45) is 0.347. The van der Waals surface area contributed by atoms with Crippen molar-refractivity contribution in [3.05, 3.63) is 0 Å². The van der Waals surface area contributed by atoms with Crippen molar-refractivity contribution in [2.45, 2.75) is 4.84 Å². The predicted molar refractivity (Wildman–Crippen MR) is 34.3 cm³/mol. The highest BCUT2D eigenvalue weighted by molar-refractivity contribution is 6.53. The summed E-state index contributed by atoms with van der Waals surface area (Å²) >= 11 is 10.2. The number of nitrogens with zero attached hydrogens (tertiary/aromatic N) is 1. The molecule has 0 N–H and O–H groups in total. The standard InChI is InChI=1S/C4H5Cl2NO2/c1-7(2-8)4(9)3(5)6/h2-3H,1H3. The highest BCUT2D eigenvalue weighted by Gasteiger charge is 2.14. The summed E-state index contributed by atoms with van der Waals surface area (Å²) < 4.78 is 0. The molecule has 0 saturated heterocycles. The third-order valence-electron chi connectivity index (χ3n) is 0.692. The quantitative estimate of drug-likeness (QED) is 0.444. The van der Waals surface area contributed by atoms with Gasteiger partial charge in [-0.1, -0.05) is 23.2 Å². The summed E-state index contributed by atoms with van der Waals surface area (Å²) in [6, 6.07) is 0. The zero-order chi connectivity index (χ0) is 7.44. The number of carbonyl (C=O) groups is 2. The maximum Gasteiger partial charge on any atom is 0.261 e.